The minimum atomic E-state index is 0.540. The molecular weight excluding hydrogens is 416 g/mol. The fraction of sp³-hybridized carbons (Fsp3) is 0.667. The molecule has 4 heteroatoms. The van der Waals surface area contributed by atoms with E-state index in [1.807, 2.05) is 11.3 Å². The van der Waals surface area contributed by atoms with Gasteiger partial charge in [0.1, 0.15) is 0 Å². The molecule has 0 spiro atoms. The Bertz CT molecular complexity index is 321. The van der Waals surface area contributed by atoms with Crippen molar-refractivity contribution < 1.29 is 0 Å². The molecule has 1 aromatic heterocycles. The van der Waals surface area contributed by atoms with Crippen LogP contribution in [0.3, 0.4) is 0 Å². The van der Waals surface area contributed by atoms with Gasteiger partial charge in [-0.15, -0.1) is 11.3 Å². The first kappa shape index (κ1) is 13.6. The lowest BCUT2D eigenvalue weighted by molar-refractivity contribution is 0.457. The predicted molar refractivity (Wildman–Crippen MR) is 82.6 cm³/mol. The van der Waals surface area contributed by atoms with E-state index in [2.05, 4.69) is 53.9 Å². The summed E-state index contributed by atoms with van der Waals surface area (Å²) >= 11 is 12.9. The average Bonchev–Trinajstić information content (AvgIpc) is 2.51. The zero-order valence-electron chi connectivity index (χ0n) is 9.02. The van der Waals surface area contributed by atoms with Gasteiger partial charge in [-0.2, -0.15) is 0 Å². The molecule has 1 heterocycles. The number of hydrogen-bond donors (Lipinski definition) is 0. The van der Waals surface area contributed by atoms with Crippen LogP contribution in [0.15, 0.2) is 14.3 Å². The Balaban J connectivity index is 2.07. The van der Waals surface area contributed by atoms with Crippen LogP contribution in [0.25, 0.3) is 0 Å². The fourth-order valence-electron chi connectivity index (χ4n) is 2.34. The van der Waals surface area contributed by atoms with Gasteiger partial charge >= 0.3 is 0 Å². The maximum atomic E-state index is 3.90. The summed E-state index contributed by atoms with van der Waals surface area (Å²) in [7, 11) is 0. The number of rotatable bonds is 2. The molecule has 1 aliphatic rings. The van der Waals surface area contributed by atoms with Crippen LogP contribution < -0.4 is 0 Å². The van der Waals surface area contributed by atoms with Crippen molar-refractivity contribution in [3.63, 3.8) is 0 Å². The highest BCUT2D eigenvalue weighted by molar-refractivity contribution is 9.13. The molecule has 1 fully saturated rings. The predicted octanol–water partition coefficient (Wildman–Crippen LogP) is 6.68. The number of halogens is 3. The Labute approximate surface area is 127 Å². The van der Waals surface area contributed by atoms with Gasteiger partial charge < -0.3 is 0 Å². The van der Waals surface area contributed by atoms with Crippen molar-refractivity contribution in [1.29, 1.82) is 0 Å². The molecular formula is C12H15Br3S. The molecule has 1 aliphatic carbocycles. The van der Waals surface area contributed by atoms with Crippen LogP contribution in [-0.4, -0.2) is 0 Å². The Morgan fingerprint density at radius 3 is 2.25 bits per heavy atom. The van der Waals surface area contributed by atoms with Crippen molar-refractivity contribution in [1.82, 2.24) is 0 Å². The molecule has 2 rings (SSSR count). The smallest absolute Gasteiger partial charge is 0.0843 e. The monoisotopic (exact) mass is 428 g/mol. The molecule has 16 heavy (non-hydrogen) atoms. The molecule has 0 amide bonds. The van der Waals surface area contributed by atoms with E-state index in [1.165, 1.54) is 51.7 Å². The van der Waals surface area contributed by atoms with Crippen molar-refractivity contribution in [2.24, 2.45) is 5.92 Å². The number of alkyl halides is 1. The molecule has 1 atom stereocenters. The highest BCUT2D eigenvalue weighted by atomic mass is 79.9. The second kappa shape index (κ2) is 6.35. The van der Waals surface area contributed by atoms with Crippen LogP contribution in [0.1, 0.15) is 48.2 Å². The molecule has 0 N–H and O–H groups in total. The van der Waals surface area contributed by atoms with Crippen molar-refractivity contribution in [2.75, 3.05) is 0 Å². The van der Waals surface area contributed by atoms with Gasteiger partial charge in [0.15, 0.2) is 0 Å². The fourth-order valence-corrected chi connectivity index (χ4v) is 5.44. The van der Waals surface area contributed by atoms with Crippen LogP contribution in [0, 0.1) is 5.92 Å². The van der Waals surface area contributed by atoms with Gasteiger partial charge in [0.05, 0.1) is 8.61 Å². The molecule has 1 saturated carbocycles. The van der Waals surface area contributed by atoms with Crippen LogP contribution in [0.5, 0.6) is 0 Å². The zero-order chi connectivity index (χ0) is 11.5. The normalized spacial score (nSPS) is 20.7. The Hall–Kier alpha value is 1.14. The topological polar surface area (TPSA) is 0 Å². The van der Waals surface area contributed by atoms with Gasteiger partial charge in [-0.3, -0.25) is 0 Å². The maximum absolute atomic E-state index is 3.90. The van der Waals surface area contributed by atoms with E-state index < -0.39 is 0 Å². The highest BCUT2D eigenvalue weighted by Crippen LogP contribution is 2.45. The molecule has 0 nitrogen and oxygen atoms in total. The lowest BCUT2D eigenvalue weighted by Crippen LogP contribution is -2.05. The van der Waals surface area contributed by atoms with Gasteiger partial charge in [-0.25, -0.2) is 0 Å². The van der Waals surface area contributed by atoms with E-state index >= 15 is 0 Å². The summed E-state index contributed by atoms with van der Waals surface area (Å²) in [5.41, 5.74) is 0. The lowest BCUT2D eigenvalue weighted by Gasteiger charge is -2.19. The van der Waals surface area contributed by atoms with Gasteiger partial charge in [-0.05, 0) is 56.7 Å². The van der Waals surface area contributed by atoms with E-state index in [4.69, 9.17) is 0 Å². The average molecular weight is 431 g/mol. The maximum Gasteiger partial charge on any atom is 0.0843 e. The van der Waals surface area contributed by atoms with Crippen LogP contribution in [0.2, 0.25) is 0 Å². The summed E-state index contributed by atoms with van der Waals surface area (Å²) in [5, 5.41) is 0. The summed E-state index contributed by atoms with van der Waals surface area (Å²) in [4.78, 5) is 1.99. The van der Waals surface area contributed by atoms with E-state index in [9.17, 15) is 0 Å². The zero-order valence-corrected chi connectivity index (χ0v) is 14.6. The molecule has 0 radical (unpaired) electrons. The minimum Gasteiger partial charge on any atom is -0.131 e. The molecule has 0 aromatic carbocycles. The summed E-state index contributed by atoms with van der Waals surface area (Å²) in [6.45, 7) is 0. The molecule has 0 bridgehead atoms. The first-order chi connectivity index (χ1) is 7.68. The van der Waals surface area contributed by atoms with Gasteiger partial charge in [0, 0.05) is 9.35 Å². The molecule has 0 saturated heterocycles. The van der Waals surface area contributed by atoms with Crippen molar-refractivity contribution in [3.8, 4) is 0 Å². The summed E-state index contributed by atoms with van der Waals surface area (Å²) in [6, 6.07) is 2.25. The second-order valence-corrected chi connectivity index (χ2v) is 8.67. The van der Waals surface area contributed by atoms with E-state index in [0.717, 1.165) is 5.92 Å². The third-order valence-corrected chi connectivity index (χ3v) is 8.13. The quantitative estimate of drug-likeness (QED) is 0.362. The van der Waals surface area contributed by atoms with Crippen molar-refractivity contribution in [3.05, 3.63) is 19.2 Å². The van der Waals surface area contributed by atoms with Crippen LogP contribution in [0.4, 0.5) is 0 Å². The summed E-state index contributed by atoms with van der Waals surface area (Å²) in [6.07, 6.45) is 8.41. The Morgan fingerprint density at radius 2 is 1.75 bits per heavy atom. The minimum absolute atomic E-state index is 0.540. The SMILES string of the molecule is Brc1cc(C(Br)C2CCCCCC2)sc1Br. The van der Waals surface area contributed by atoms with Crippen molar-refractivity contribution in [2.45, 2.75) is 43.4 Å². The third-order valence-electron chi connectivity index (χ3n) is 3.25. The van der Waals surface area contributed by atoms with E-state index in [1.54, 1.807) is 0 Å². The van der Waals surface area contributed by atoms with E-state index in [-0.39, 0.29) is 0 Å². The standard InChI is InChI=1S/C12H15Br3S/c13-9-7-10(16-12(9)15)11(14)8-5-3-1-2-4-6-8/h7-8,11H,1-6H2. The Morgan fingerprint density at radius 1 is 1.12 bits per heavy atom. The first-order valence-electron chi connectivity index (χ1n) is 5.77. The third kappa shape index (κ3) is 3.33. The largest absolute Gasteiger partial charge is 0.131 e. The Kier molecular flexibility index (Phi) is 5.38. The molecule has 90 valence electrons. The molecule has 1 aromatic rings. The van der Waals surface area contributed by atoms with Crippen LogP contribution >= 0.6 is 59.1 Å². The van der Waals surface area contributed by atoms with Gasteiger partial charge in [0.2, 0.25) is 0 Å². The van der Waals surface area contributed by atoms with Gasteiger partial charge in [0.25, 0.3) is 0 Å². The molecule has 0 aliphatic heterocycles. The van der Waals surface area contributed by atoms with Gasteiger partial charge in [-0.1, -0.05) is 41.6 Å². The summed E-state index contributed by atoms with van der Waals surface area (Å²) in [5.74, 6) is 0.819. The second-order valence-electron chi connectivity index (χ2n) is 4.42. The van der Waals surface area contributed by atoms with Crippen LogP contribution in [-0.2, 0) is 0 Å². The lowest BCUT2D eigenvalue weighted by atomic mass is 9.96. The highest BCUT2D eigenvalue weighted by Gasteiger charge is 2.23. The number of hydrogen-bond acceptors (Lipinski definition) is 1. The van der Waals surface area contributed by atoms with Crippen molar-refractivity contribution >= 4 is 59.1 Å². The molecule has 1 unspecified atom stereocenters. The first-order valence-corrected chi connectivity index (χ1v) is 9.09. The summed E-state index contributed by atoms with van der Waals surface area (Å²) < 4.78 is 2.39. The van der Waals surface area contributed by atoms with E-state index in [0.29, 0.717) is 4.83 Å². The number of thiophene rings is 1.